The van der Waals surface area contributed by atoms with Gasteiger partial charge in [-0.2, -0.15) is 0 Å². The minimum absolute atomic E-state index is 0.156. The minimum atomic E-state index is -0.951. The maximum atomic E-state index is 10.9. The first-order valence-corrected chi connectivity index (χ1v) is 6.48. The highest BCUT2D eigenvalue weighted by atomic mass is 32.1. The van der Waals surface area contributed by atoms with Crippen LogP contribution in [-0.2, 0) is 0 Å². The molecule has 2 rings (SSSR count). The van der Waals surface area contributed by atoms with Crippen LogP contribution in [0.5, 0.6) is 0 Å². The number of carboxylic acids is 1. The number of nitrogens with zero attached hydrogens (tertiary/aromatic N) is 1. The zero-order chi connectivity index (χ0) is 11.5. The predicted octanol–water partition coefficient (Wildman–Crippen LogP) is 2.83. The van der Waals surface area contributed by atoms with Crippen molar-refractivity contribution in [2.45, 2.75) is 38.6 Å². The number of aromatic nitrogens is 1. The molecule has 1 aliphatic rings. The summed E-state index contributed by atoms with van der Waals surface area (Å²) in [6.07, 6.45) is 4.69. The van der Waals surface area contributed by atoms with Crippen LogP contribution in [0, 0.1) is 5.92 Å². The standard InChI is InChI=1S/C11H16N2O2S/c1-7-2-4-8(5-3-7)13-10-9(11(14)15)12-6-16-10/h6-8,13H,2-5H2,1H3,(H,14,15). The molecule has 0 unspecified atom stereocenters. The molecule has 0 bridgehead atoms. The van der Waals surface area contributed by atoms with Gasteiger partial charge in [0.2, 0.25) is 0 Å². The lowest BCUT2D eigenvalue weighted by Gasteiger charge is -2.27. The topological polar surface area (TPSA) is 62.2 Å². The first-order valence-electron chi connectivity index (χ1n) is 5.60. The number of hydrogen-bond donors (Lipinski definition) is 2. The van der Waals surface area contributed by atoms with Gasteiger partial charge in [-0.05, 0) is 31.6 Å². The predicted molar refractivity (Wildman–Crippen MR) is 64.1 cm³/mol. The number of hydrogen-bond acceptors (Lipinski definition) is 4. The second-order valence-corrected chi connectivity index (χ2v) is 5.29. The summed E-state index contributed by atoms with van der Waals surface area (Å²) in [6.45, 7) is 2.27. The zero-order valence-corrected chi connectivity index (χ0v) is 10.1. The van der Waals surface area contributed by atoms with Gasteiger partial charge in [-0.25, -0.2) is 9.78 Å². The fourth-order valence-electron chi connectivity index (χ4n) is 2.09. The van der Waals surface area contributed by atoms with E-state index in [1.165, 1.54) is 24.2 Å². The third-order valence-corrected chi connectivity index (χ3v) is 3.88. The average molecular weight is 240 g/mol. The van der Waals surface area contributed by atoms with Crippen LogP contribution in [0.3, 0.4) is 0 Å². The number of anilines is 1. The number of carbonyl (C=O) groups is 1. The van der Waals surface area contributed by atoms with Crippen LogP contribution in [0.2, 0.25) is 0 Å². The van der Waals surface area contributed by atoms with E-state index in [0.717, 1.165) is 18.8 Å². The van der Waals surface area contributed by atoms with Crippen LogP contribution in [0.1, 0.15) is 43.1 Å². The van der Waals surface area contributed by atoms with Crippen molar-refractivity contribution in [3.63, 3.8) is 0 Å². The molecule has 0 amide bonds. The van der Waals surface area contributed by atoms with Crippen molar-refractivity contribution in [1.29, 1.82) is 0 Å². The minimum Gasteiger partial charge on any atom is -0.476 e. The third-order valence-electron chi connectivity index (χ3n) is 3.12. The van der Waals surface area contributed by atoms with Gasteiger partial charge in [0.25, 0.3) is 0 Å². The Labute approximate surface area is 98.7 Å². The highest BCUT2D eigenvalue weighted by Crippen LogP contribution is 2.28. The zero-order valence-electron chi connectivity index (χ0n) is 9.27. The van der Waals surface area contributed by atoms with E-state index in [4.69, 9.17) is 5.11 Å². The monoisotopic (exact) mass is 240 g/mol. The number of rotatable bonds is 3. The molecule has 1 aliphatic carbocycles. The first-order chi connectivity index (χ1) is 7.66. The molecule has 5 heteroatoms. The molecule has 1 aromatic rings. The van der Waals surface area contributed by atoms with Gasteiger partial charge in [-0.1, -0.05) is 6.92 Å². The highest BCUT2D eigenvalue weighted by molar-refractivity contribution is 7.14. The van der Waals surface area contributed by atoms with Gasteiger partial charge in [0.1, 0.15) is 5.00 Å². The van der Waals surface area contributed by atoms with Crippen molar-refractivity contribution in [3.05, 3.63) is 11.2 Å². The molecule has 1 aromatic heterocycles. The molecule has 2 N–H and O–H groups in total. The molecule has 4 nitrogen and oxygen atoms in total. The Morgan fingerprint density at radius 1 is 1.50 bits per heavy atom. The van der Waals surface area contributed by atoms with Crippen molar-refractivity contribution in [2.75, 3.05) is 5.32 Å². The van der Waals surface area contributed by atoms with Crippen LogP contribution < -0.4 is 5.32 Å². The van der Waals surface area contributed by atoms with E-state index >= 15 is 0 Å². The third kappa shape index (κ3) is 2.52. The molecule has 1 heterocycles. The van der Waals surface area contributed by atoms with E-state index in [0.29, 0.717) is 11.0 Å². The molecule has 0 aliphatic heterocycles. The van der Waals surface area contributed by atoms with Gasteiger partial charge in [0, 0.05) is 6.04 Å². The number of nitrogens with one attached hydrogen (secondary N) is 1. The van der Waals surface area contributed by atoms with Gasteiger partial charge in [-0.15, -0.1) is 11.3 Å². The first kappa shape index (κ1) is 11.4. The fraction of sp³-hybridized carbons (Fsp3) is 0.636. The van der Waals surface area contributed by atoms with E-state index in [2.05, 4.69) is 17.2 Å². The molecular formula is C11H16N2O2S. The van der Waals surface area contributed by atoms with Crippen LogP contribution in [0.25, 0.3) is 0 Å². The van der Waals surface area contributed by atoms with Gasteiger partial charge in [-0.3, -0.25) is 0 Å². The van der Waals surface area contributed by atoms with Crippen LogP contribution >= 0.6 is 11.3 Å². The van der Waals surface area contributed by atoms with Gasteiger partial charge in [0.05, 0.1) is 5.51 Å². The summed E-state index contributed by atoms with van der Waals surface area (Å²) in [5.41, 5.74) is 1.74. The molecule has 1 fully saturated rings. The highest BCUT2D eigenvalue weighted by Gasteiger charge is 2.21. The van der Waals surface area contributed by atoms with Crippen LogP contribution in [0.4, 0.5) is 5.00 Å². The van der Waals surface area contributed by atoms with E-state index in [9.17, 15) is 4.79 Å². The Morgan fingerprint density at radius 2 is 2.19 bits per heavy atom. The Bertz CT molecular complexity index is 370. The maximum absolute atomic E-state index is 10.9. The SMILES string of the molecule is CC1CCC(Nc2scnc2C(=O)O)CC1. The Balaban J connectivity index is 1.98. The molecule has 0 aromatic carbocycles. The lowest BCUT2D eigenvalue weighted by molar-refractivity contribution is 0.0692. The van der Waals surface area contributed by atoms with Crippen molar-refractivity contribution in [1.82, 2.24) is 4.98 Å². The number of aromatic carboxylic acids is 1. The molecule has 1 saturated carbocycles. The summed E-state index contributed by atoms with van der Waals surface area (Å²) in [4.78, 5) is 14.7. The van der Waals surface area contributed by atoms with Crippen molar-refractivity contribution >= 4 is 22.3 Å². The Morgan fingerprint density at radius 3 is 2.81 bits per heavy atom. The van der Waals surface area contributed by atoms with E-state index in [-0.39, 0.29) is 5.69 Å². The quantitative estimate of drug-likeness (QED) is 0.852. The fourth-order valence-corrected chi connectivity index (χ4v) is 2.84. The lowest BCUT2D eigenvalue weighted by Crippen LogP contribution is -2.25. The van der Waals surface area contributed by atoms with Crippen LogP contribution in [0.15, 0.2) is 5.51 Å². The molecule has 16 heavy (non-hydrogen) atoms. The smallest absolute Gasteiger partial charge is 0.357 e. The molecule has 0 saturated heterocycles. The molecule has 0 radical (unpaired) electrons. The van der Waals surface area contributed by atoms with Crippen molar-refractivity contribution < 1.29 is 9.90 Å². The van der Waals surface area contributed by atoms with E-state index in [1.54, 1.807) is 5.51 Å². The van der Waals surface area contributed by atoms with Crippen LogP contribution in [-0.4, -0.2) is 22.1 Å². The lowest BCUT2D eigenvalue weighted by atomic mass is 9.87. The second-order valence-electron chi connectivity index (χ2n) is 4.44. The summed E-state index contributed by atoms with van der Waals surface area (Å²) < 4.78 is 0. The Hall–Kier alpha value is -1.10. The largest absolute Gasteiger partial charge is 0.476 e. The van der Waals surface area contributed by atoms with Crippen molar-refractivity contribution in [3.8, 4) is 0 Å². The van der Waals surface area contributed by atoms with Gasteiger partial charge < -0.3 is 10.4 Å². The average Bonchev–Trinajstić information content (AvgIpc) is 2.69. The summed E-state index contributed by atoms with van der Waals surface area (Å²) in [5, 5.41) is 12.9. The Kier molecular flexibility index (Phi) is 3.43. The molecule has 0 atom stereocenters. The summed E-state index contributed by atoms with van der Waals surface area (Å²) in [7, 11) is 0. The van der Waals surface area contributed by atoms with Gasteiger partial charge in [0.15, 0.2) is 5.69 Å². The maximum Gasteiger partial charge on any atom is 0.357 e. The van der Waals surface area contributed by atoms with E-state index in [1.807, 2.05) is 0 Å². The van der Waals surface area contributed by atoms with Crippen molar-refractivity contribution in [2.24, 2.45) is 5.92 Å². The number of carboxylic acid groups (broad SMARTS) is 1. The molecule has 0 spiro atoms. The second kappa shape index (κ2) is 4.82. The van der Waals surface area contributed by atoms with Gasteiger partial charge >= 0.3 is 5.97 Å². The number of thiazole rings is 1. The summed E-state index contributed by atoms with van der Waals surface area (Å²) in [5.74, 6) is -0.147. The molecule has 88 valence electrons. The van der Waals surface area contributed by atoms with E-state index < -0.39 is 5.97 Å². The summed E-state index contributed by atoms with van der Waals surface area (Å²) in [6, 6.07) is 0.412. The summed E-state index contributed by atoms with van der Waals surface area (Å²) >= 11 is 1.37. The normalized spacial score (nSPS) is 25.3. The molecular weight excluding hydrogens is 224 g/mol.